The Kier molecular flexibility index (Phi) is 7.23. The van der Waals surface area contributed by atoms with Crippen molar-refractivity contribution in [2.24, 2.45) is 0 Å². The molecule has 1 aromatic carbocycles. The van der Waals surface area contributed by atoms with E-state index in [-0.39, 0.29) is 36.4 Å². The normalized spacial score (nSPS) is 16.1. The molecule has 3 rings (SSSR count). The van der Waals surface area contributed by atoms with Gasteiger partial charge in [0, 0.05) is 38.5 Å². The Morgan fingerprint density at radius 3 is 2.53 bits per heavy atom. The van der Waals surface area contributed by atoms with Gasteiger partial charge in [-0.2, -0.15) is 0 Å². The molecule has 10 nitrogen and oxygen atoms in total. The predicted octanol–water partition coefficient (Wildman–Crippen LogP) is 1.64. The van der Waals surface area contributed by atoms with E-state index in [9.17, 15) is 14.7 Å². The Morgan fingerprint density at radius 2 is 1.87 bits per heavy atom. The summed E-state index contributed by atoms with van der Waals surface area (Å²) in [4.78, 5) is 25.3. The van der Waals surface area contributed by atoms with Crippen molar-refractivity contribution < 1.29 is 24.2 Å². The first-order valence-electron chi connectivity index (χ1n) is 10.0. The molecule has 4 N–H and O–H groups in total. The number of piperazine rings is 1. The van der Waals surface area contributed by atoms with Crippen LogP contribution in [0.15, 0.2) is 28.7 Å². The Bertz CT molecular complexity index is 848. The smallest absolute Gasteiger partial charge is 0.318 e. The Morgan fingerprint density at radius 1 is 1.20 bits per heavy atom. The largest absolute Gasteiger partial charge is 0.508 e. The molecule has 1 saturated heterocycles. The molecule has 2 atom stereocenters. The van der Waals surface area contributed by atoms with Crippen molar-refractivity contribution in [2.45, 2.75) is 38.1 Å². The number of phenols is 1. The number of carbonyl (C=O) groups excluding carboxylic acids is 1. The summed E-state index contributed by atoms with van der Waals surface area (Å²) in [5.74, 6) is -0.230. The molecule has 0 spiro atoms. The molecule has 1 fully saturated rings. The average molecular weight is 417 g/mol. The maximum atomic E-state index is 12.6. The molecular weight excluding hydrogens is 390 g/mol. The summed E-state index contributed by atoms with van der Waals surface area (Å²) in [6.07, 6.45) is 0.656. The van der Waals surface area contributed by atoms with E-state index >= 15 is 0 Å². The fourth-order valence-electron chi connectivity index (χ4n) is 3.29. The number of hydrogen-bond donors (Lipinski definition) is 4. The lowest BCUT2D eigenvalue weighted by atomic mass is 10.0. The lowest BCUT2D eigenvalue weighted by Crippen LogP contribution is -2.50. The van der Waals surface area contributed by atoms with Gasteiger partial charge in [0.25, 0.3) is 0 Å². The van der Waals surface area contributed by atoms with Gasteiger partial charge in [0.15, 0.2) is 0 Å². The van der Waals surface area contributed by atoms with E-state index in [4.69, 9.17) is 9.52 Å². The minimum absolute atomic E-state index is 0.0835. The maximum absolute atomic E-state index is 12.6. The molecule has 10 heteroatoms. The van der Waals surface area contributed by atoms with E-state index in [0.717, 1.165) is 5.56 Å². The number of benzene rings is 1. The number of hydrogen-bond acceptors (Lipinski definition) is 7. The summed E-state index contributed by atoms with van der Waals surface area (Å²) in [7, 11) is 0. The molecule has 0 saturated carbocycles. The third-order valence-electron chi connectivity index (χ3n) is 5.00. The van der Waals surface area contributed by atoms with Crippen LogP contribution in [0.4, 0.5) is 4.79 Å². The number of phenolic OH excluding ortho intramolecular Hbond substituents is 1. The summed E-state index contributed by atoms with van der Waals surface area (Å²) in [6, 6.07) is 5.94. The van der Waals surface area contributed by atoms with Crippen molar-refractivity contribution >= 4 is 12.0 Å². The van der Waals surface area contributed by atoms with Gasteiger partial charge in [-0.05, 0) is 30.5 Å². The molecule has 0 aliphatic carbocycles. The number of nitrogens with one attached hydrogen (secondary N) is 2. The third kappa shape index (κ3) is 5.93. The monoisotopic (exact) mass is 417 g/mol. The first-order chi connectivity index (χ1) is 14.4. The highest BCUT2D eigenvalue weighted by molar-refractivity contribution is 5.75. The van der Waals surface area contributed by atoms with Crippen molar-refractivity contribution in [3.05, 3.63) is 41.6 Å². The number of urea groups is 1. The van der Waals surface area contributed by atoms with Crippen LogP contribution >= 0.6 is 0 Å². The number of amides is 2. The molecular formula is C20H27N5O5. The second-order valence-corrected chi connectivity index (χ2v) is 7.42. The number of carboxylic acid groups (broad SMARTS) is 1. The first-order valence-corrected chi connectivity index (χ1v) is 10.0. The van der Waals surface area contributed by atoms with E-state index in [1.165, 1.54) is 0 Å². The van der Waals surface area contributed by atoms with Crippen molar-refractivity contribution in [2.75, 3.05) is 26.2 Å². The van der Waals surface area contributed by atoms with Gasteiger partial charge in [-0.3, -0.25) is 4.79 Å². The van der Waals surface area contributed by atoms with Gasteiger partial charge in [-0.1, -0.05) is 19.1 Å². The number of aromatic nitrogens is 2. The zero-order valence-electron chi connectivity index (χ0n) is 16.9. The average Bonchev–Trinajstić information content (AvgIpc) is 3.23. The molecule has 0 unspecified atom stereocenters. The van der Waals surface area contributed by atoms with Gasteiger partial charge in [0.1, 0.15) is 11.8 Å². The van der Waals surface area contributed by atoms with Gasteiger partial charge in [0.2, 0.25) is 11.8 Å². The molecule has 2 amide bonds. The van der Waals surface area contributed by atoms with Crippen LogP contribution in [-0.2, 0) is 11.2 Å². The zero-order valence-corrected chi connectivity index (χ0v) is 16.9. The minimum atomic E-state index is -0.961. The second-order valence-electron chi connectivity index (χ2n) is 7.42. The predicted molar refractivity (Wildman–Crippen MR) is 107 cm³/mol. The molecule has 30 heavy (non-hydrogen) atoms. The summed E-state index contributed by atoms with van der Waals surface area (Å²) in [5, 5.41) is 32.7. The van der Waals surface area contributed by atoms with E-state index in [1.807, 2.05) is 19.1 Å². The van der Waals surface area contributed by atoms with Crippen molar-refractivity contribution in [3.63, 3.8) is 0 Å². The summed E-state index contributed by atoms with van der Waals surface area (Å²) in [5.41, 5.74) is 1.01. The number of carbonyl (C=O) groups is 2. The number of rotatable bonds is 8. The molecule has 0 bridgehead atoms. The fraction of sp³-hybridized carbons (Fsp3) is 0.500. The highest BCUT2D eigenvalue weighted by Gasteiger charge is 2.26. The maximum Gasteiger partial charge on any atom is 0.318 e. The first kappa shape index (κ1) is 21.6. The van der Waals surface area contributed by atoms with Gasteiger partial charge >= 0.3 is 12.0 Å². The number of nitrogens with zero attached hydrogens (tertiary/aromatic N) is 3. The Hall–Kier alpha value is -3.14. The van der Waals surface area contributed by atoms with Crippen LogP contribution in [0, 0.1) is 0 Å². The molecule has 1 aliphatic heterocycles. The lowest BCUT2D eigenvalue weighted by molar-refractivity contribution is -0.137. The van der Waals surface area contributed by atoms with Crippen LogP contribution in [0.1, 0.15) is 49.1 Å². The van der Waals surface area contributed by atoms with Gasteiger partial charge < -0.3 is 30.2 Å². The van der Waals surface area contributed by atoms with Crippen LogP contribution in [0.5, 0.6) is 5.75 Å². The molecule has 0 radical (unpaired) electrons. The summed E-state index contributed by atoms with van der Waals surface area (Å²) >= 11 is 0. The van der Waals surface area contributed by atoms with Crippen LogP contribution in [0.25, 0.3) is 0 Å². The number of carboxylic acids is 1. The van der Waals surface area contributed by atoms with E-state index < -0.39 is 12.0 Å². The highest BCUT2D eigenvalue weighted by Crippen LogP contribution is 2.24. The van der Waals surface area contributed by atoms with Gasteiger partial charge in [-0.15, -0.1) is 10.2 Å². The Balaban J connectivity index is 1.68. The minimum Gasteiger partial charge on any atom is -0.508 e. The van der Waals surface area contributed by atoms with E-state index in [0.29, 0.717) is 38.5 Å². The number of aromatic hydroxyl groups is 1. The van der Waals surface area contributed by atoms with Gasteiger partial charge in [-0.25, -0.2) is 4.79 Å². The quantitative estimate of drug-likeness (QED) is 0.508. The van der Waals surface area contributed by atoms with Crippen molar-refractivity contribution in [1.82, 2.24) is 25.7 Å². The molecule has 162 valence electrons. The van der Waals surface area contributed by atoms with Gasteiger partial charge in [0.05, 0.1) is 0 Å². The number of aliphatic carboxylic acids is 1. The molecule has 2 heterocycles. The van der Waals surface area contributed by atoms with Crippen LogP contribution in [0.2, 0.25) is 0 Å². The van der Waals surface area contributed by atoms with Crippen LogP contribution < -0.4 is 10.6 Å². The van der Waals surface area contributed by atoms with Crippen molar-refractivity contribution in [3.8, 4) is 5.75 Å². The van der Waals surface area contributed by atoms with E-state index in [1.54, 1.807) is 17.0 Å². The highest BCUT2D eigenvalue weighted by atomic mass is 16.4. The SMILES string of the molecule is C[C@@H](Cc1ccc(O)cc1)c1nnc([C@H](CCC(=O)O)NC(=O)N2CCNCC2)o1. The third-order valence-corrected chi connectivity index (χ3v) is 5.00. The molecule has 1 aromatic heterocycles. The standard InChI is InChI=1S/C20H27N5O5/c1-13(12-14-2-4-15(26)5-3-14)18-23-24-19(30-18)16(6-7-17(27)28)22-20(29)25-10-8-21-9-11-25/h2-5,13,16,21,26H,6-12H2,1H3,(H,22,29)(H,27,28)/t13-,16-/m0/s1. The fourth-order valence-corrected chi connectivity index (χ4v) is 3.29. The topological polar surface area (TPSA) is 141 Å². The molecule has 2 aromatic rings. The zero-order chi connectivity index (χ0) is 21.5. The Labute approximate surface area is 174 Å². The molecule has 1 aliphatic rings. The van der Waals surface area contributed by atoms with Crippen LogP contribution in [0.3, 0.4) is 0 Å². The lowest BCUT2D eigenvalue weighted by Gasteiger charge is -2.29. The summed E-state index contributed by atoms with van der Waals surface area (Å²) < 4.78 is 5.81. The van der Waals surface area contributed by atoms with Crippen LogP contribution in [-0.4, -0.2) is 63.5 Å². The summed E-state index contributed by atoms with van der Waals surface area (Å²) in [6.45, 7) is 4.53. The van der Waals surface area contributed by atoms with E-state index in [2.05, 4.69) is 20.8 Å². The second kappa shape index (κ2) is 10.1. The van der Waals surface area contributed by atoms with Crippen molar-refractivity contribution in [1.29, 1.82) is 0 Å².